The Labute approximate surface area is 94.1 Å². The summed E-state index contributed by atoms with van der Waals surface area (Å²) in [5, 5.41) is 0. The molecule has 2 rings (SSSR count). The first-order valence-corrected chi connectivity index (χ1v) is 5.90. The van der Waals surface area contributed by atoms with Crippen LogP contribution in [0.15, 0.2) is 24.3 Å². The Bertz CT molecular complexity index is 294. The number of hydrogen-bond donors (Lipinski definition) is 0. The third-order valence-electron chi connectivity index (χ3n) is 3.17. The first-order chi connectivity index (χ1) is 7.15. The monoisotopic (exact) mass is 205 g/mol. The van der Waals surface area contributed by atoms with Gasteiger partial charge in [0.1, 0.15) is 0 Å². The zero-order valence-electron chi connectivity index (χ0n) is 10.7. The molecule has 0 unspecified atom stereocenters. The van der Waals surface area contributed by atoms with Crippen molar-refractivity contribution in [1.29, 1.82) is 0 Å². The smallest absolute Gasteiger partial charge is 0.0456 e. The summed E-state index contributed by atoms with van der Waals surface area (Å²) in [6, 6.07) is 8.95. The predicted molar refractivity (Wildman–Crippen MR) is 67.1 cm³/mol. The van der Waals surface area contributed by atoms with Crippen molar-refractivity contribution in [2.45, 2.75) is 39.2 Å². The lowest BCUT2D eigenvalue weighted by molar-refractivity contribution is 0.275. The van der Waals surface area contributed by atoms with Crippen molar-refractivity contribution in [3.63, 3.8) is 0 Å². The maximum atomic E-state index is 2.34. The SMILES string of the molecule is CC.Cc1ccc(C2(N(C)C)CC2)cc1. The Morgan fingerprint density at radius 1 is 1.00 bits per heavy atom. The molecule has 84 valence electrons. The van der Waals surface area contributed by atoms with Gasteiger partial charge in [0.25, 0.3) is 0 Å². The molecule has 0 saturated heterocycles. The first-order valence-electron chi connectivity index (χ1n) is 5.90. The molecule has 1 aromatic carbocycles. The Morgan fingerprint density at radius 2 is 1.47 bits per heavy atom. The molecular formula is C14H23N. The lowest BCUT2D eigenvalue weighted by Crippen LogP contribution is -2.27. The fourth-order valence-corrected chi connectivity index (χ4v) is 1.98. The summed E-state index contributed by atoms with van der Waals surface area (Å²) >= 11 is 0. The van der Waals surface area contributed by atoms with Gasteiger partial charge in [0, 0.05) is 5.54 Å². The fraction of sp³-hybridized carbons (Fsp3) is 0.571. The van der Waals surface area contributed by atoms with E-state index < -0.39 is 0 Å². The Hall–Kier alpha value is -0.820. The average molecular weight is 205 g/mol. The van der Waals surface area contributed by atoms with Crippen molar-refractivity contribution in [1.82, 2.24) is 4.90 Å². The summed E-state index contributed by atoms with van der Waals surface area (Å²) in [5.74, 6) is 0. The third kappa shape index (κ3) is 2.40. The molecular weight excluding hydrogens is 182 g/mol. The Balaban J connectivity index is 0.000000531. The van der Waals surface area contributed by atoms with Crippen LogP contribution in [0, 0.1) is 6.92 Å². The molecule has 1 heteroatoms. The lowest BCUT2D eigenvalue weighted by atomic mass is 10.0. The number of benzene rings is 1. The van der Waals surface area contributed by atoms with Gasteiger partial charge in [-0.1, -0.05) is 43.7 Å². The highest BCUT2D eigenvalue weighted by molar-refractivity contribution is 5.32. The number of aryl methyl sites for hydroxylation is 1. The molecule has 0 N–H and O–H groups in total. The van der Waals surface area contributed by atoms with Gasteiger partial charge in [-0.15, -0.1) is 0 Å². The first kappa shape index (κ1) is 12.3. The zero-order chi connectivity index (χ0) is 11.5. The maximum Gasteiger partial charge on any atom is 0.0456 e. The highest BCUT2D eigenvalue weighted by Crippen LogP contribution is 2.49. The van der Waals surface area contributed by atoms with Crippen LogP contribution in [-0.2, 0) is 5.54 Å². The van der Waals surface area contributed by atoms with Gasteiger partial charge in [-0.05, 0) is 39.4 Å². The molecule has 0 amide bonds. The van der Waals surface area contributed by atoms with Gasteiger partial charge in [-0.3, -0.25) is 4.90 Å². The van der Waals surface area contributed by atoms with E-state index in [0.717, 1.165) is 0 Å². The van der Waals surface area contributed by atoms with Crippen LogP contribution in [0.2, 0.25) is 0 Å². The van der Waals surface area contributed by atoms with Crippen molar-refractivity contribution in [3.8, 4) is 0 Å². The van der Waals surface area contributed by atoms with Gasteiger partial charge >= 0.3 is 0 Å². The van der Waals surface area contributed by atoms with E-state index in [9.17, 15) is 0 Å². The molecule has 1 saturated carbocycles. The van der Waals surface area contributed by atoms with Gasteiger partial charge in [0.2, 0.25) is 0 Å². The molecule has 0 aromatic heterocycles. The molecule has 1 aliphatic rings. The predicted octanol–water partition coefficient (Wildman–Crippen LogP) is 3.57. The standard InChI is InChI=1S/C12H17N.C2H6/c1-10-4-6-11(7-5-10)12(8-9-12)13(2)3;1-2/h4-7H,8-9H2,1-3H3;1-2H3. The molecule has 1 aromatic rings. The largest absolute Gasteiger partial charge is 0.300 e. The van der Waals surface area contributed by atoms with Crippen LogP contribution >= 0.6 is 0 Å². The highest BCUT2D eigenvalue weighted by atomic mass is 15.2. The molecule has 15 heavy (non-hydrogen) atoms. The highest BCUT2D eigenvalue weighted by Gasteiger charge is 2.46. The fourth-order valence-electron chi connectivity index (χ4n) is 1.98. The average Bonchev–Trinajstić information content (AvgIpc) is 3.03. The van der Waals surface area contributed by atoms with Crippen LogP contribution < -0.4 is 0 Å². The lowest BCUT2D eigenvalue weighted by Gasteiger charge is -2.24. The molecule has 0 spiro atoms. The Kier molecular flexibility index (Phi) is 3.92. The minimum absolute atomic E-state index is 0.369. The van der Waals surface area contributed by atoms with Gasteiger partial charge in [0.05, 0.1) is 0 Å². The van der Waals surface area contributed by atoms with E-state index in [1.54, 1.807) is 0 Å². The van der Waals surface area contributed by atoms with Crippen molar-refractivity contribution in [2.24, 2.45) is 0 Å². The summed E-state index contributed by atoms with van der Waals surface area (Å²) in [5.41, 5.74) is 3.19. The van der Waals surface area contributed by atoms with Crippen LogP contribution in [0.4, 0.5) is 0 Å². The maximum absolute atomic E-state index is 2.34. The molecule has 0 atom stereocenters. The van der Waals surface area contributed by atoms with Crippen LogP contribution in [0.3, 0.4) is 0 Å². The van der Waals surface area contributed by atoms with Crippen molar-refractivity contribution in [2.75, 3.05) is 14.1 Å². The minimum atomic E-state index is 0.369. The number of hydrogen-bond acceptors (Lipinski definition) is 1. The summed E-state index contributed by atoms with van der Waals surface area (Å²) < 4.78 is 0. The topological polar surface area (TPSA) is 3.24 Å². The second-order valence-corrected chi connectivity index (χ2v) is 4.29. The van der Waals surface area contributed by atoms with E-state index in [4.69, 9.17) is 0 Å². The van der Waals surface area contributed by atoms with Gasteiger partial charge in [-0.2, -0.15) is 0 Å². The summed E-state index contributed by atoms with van der Waals surface area (Å²) in [7, 11) is 4.35. The molecule has 1 nitrogen and oxygen atoms in total. The summed E-state index contributed by atoms with van der Waals surface area (Å²) in [6.07, 6.45) is 2.62. The zero-order valence-corrected chi connectivity index (χ0v) is 10.7. The van der Waals surface area contributed by atoms with Crippen molar-refractivity contribution < 1.29 is 0 Å². The summed E-state index contributed by atoms with van der Waals surface area (Å²) in [6.45, 7) is 6.14. The number of nitrogens with zero attached hydrogens (tertiary/aromatic N) is 1. The van der Waals surface area contributed by atoms with Gasteiger partial charge < -0.3 is 0 Å². The van der Waals surface area contributed by atoms with E-state index in [1.807, 2.05) is 13.8 Å². The normalized spacial score (nSPS) is 16.9. The quantitative estimate of drug-likeness (QED) is 0.713. The second kappa shape index (κ2) is 4.80. The molecule has 1 fully saturated rings. The van der Waals surface area contributed by atoms with Crippen LogP contribution in [0.5, 0.6) is 0 Å². The van der Waals surface area contributed by atoms with Crippen LogP contribution in [0.25, 0.3) is 0 Å². The molecule has 1 aliphatic carbocycles. The summed E-state index contributed by atoms with van der Waals surface area (Å²) in [4.78, 5) is 2.34. The van der Waals surface area contributed by atoms with E-state index in [1.165, 1.54) is 24.0 Å². The molecule has 0 radical (unpaired) electrons. The van der Waals surface area contributed by atoms with E-state index in [0.29, 0.717) is 5.54 Å². The van der Waals surface area contributed by atoms with E-state index >= 15 is 0 Å². The molecule has 0 aliphatic heterocycles. The van der Waals surface area contributed by atoms with Crippen molar-refractivity contribution in [3.05, 3.63) is 35.4 Å². The van der Waals surface area contributed by atoms with Crippen LogP contribution in [-0.4, -0.2) is 19.0 Å². The Morgan fingerprint density at radius 3 is 1.80 bits per heavy atom. The second-order valence-electron chi connectivity index (χ2n) is 4.29. The van der Waals surface area contributed by atoms with Gasteiger partial charge in [-0.25, -0.2) is 0 Å². The minimum Gasteiger partial charge on any atom is -0.300 e. The third-order valence-corrected chi connectivity index (χ3v) is 3.17. The van der Waals surface area contributed by atoms with Crippen LogP contribution in [0.1, 0.15) is 37.8 Å². The van der Waals surface area contributed by atoms with E-state index in [-0.39, 0.29) is 0 Å². The molecule has 0 heterocycles. The number of rotatable bonds is 2. The molecule has 0 bridgehead atoms. The van der Waals surface area contributed by atoms with E-state index in [2.05, 4.69) is 50.2 Å². The van der Waals surface area contributed by atoms with Crippen molar-refractivity contribution >= 4 is 0 Å². The van der Waals surface area contributed by atoms with Gasteiger partial charge in [0.15, 0.2) is 0 Å².